The van der Waals surface area contributed by atoms with Gasteiger partial charge in [0.25, 0.3) is 0 Å². The summed E-state index contributed by atoms with van der Waals surface area (Å²) in [6, 6.07) is 10.2. The fraction of sp³-hybridized carbons (Fsp3) is 0.458. The molecule has 0 fully saturated rings. The second-order valence-corrected chi connectivity index (χ2v) is 8.36. The van der Waals surface area contributed by atoms with E-state index >= 15 is 0 Å². The number of amides is 1. The molecule has 4 nitrogen and oxygen atoms in total. The van der Waals surface area contributed by atoms with E-state index in [9.17, 15) is 9.18 Å². The number of carbonyl (C=O) groups is 1. The summed E-state index contributed by atoms with van der Waals surface area (Å²) in [5.41, 5.74) is 2.25. The summed E-state index contributed by atoms with van der Waals surface area (Å²) >= 11 is 6.58. The predicted octanol–water partition coefficient (Wildman–Crippen LogP) is 5.98. The average Bonchev–Trinajstić information content (AvgIpc) is 2.71. The Morgan fingerprint density at radius 3 is 2.57 bits per heavy atom. The molecule has 0 N–H and O–H groups in total. The molecule has 0 bridgehead atoms. The predicted molar refractivity (Wildman–Crippen MR) is 120 cm³/mol. The second kappa shape index (κ2) is 10.3. The molecule has 0 unspecified atom stereocenters. The molecule has 0 saturated carbocycles. The minimum Gasteiger partial charge on any atom is -0.493 e. The zero-order chi connectivity index (χ0) is 21.7. The van der Waals surface area contributed by atoms with Gasteiger partial charge in [-0.25, -0.2) is 4.39 Å². The van der Waals surface area contributed by atoms with Crippen LogP contribution in [0, 0.1) is 5.82 Å². The van der Waals surface area contributed by atoms with Gasteiger partial charge >= 0.3 is 0 Å². The highest BCUT2D eigenvalue weighted by molar-refractivity contribution is 6.34. The largest absolute Gasteiger partial charge is 0.493 e. The maximum atomic E-state index is 13.3. The maximum Gasteiger partial charge on any atom is 0.231 e. The first-order chi connectivity index (χ1) is 14.4. The molecule has 1 amide bonds. The van der Waals surface area contributed by atoms with Crippen molar-refractivity contribution in [2.45, 2.75) is 52.5 Å². The van der Waals surface area contributed by atoms with Crippen LogP contribution >= 0.6 is 11.6 Å². The van der Waals surface area contributed by atoms with Crippen molar-refractivity contribution in [1.29, 1.82) is 0 Å². The monoisotopic (exact) mass is 432 g/mol. The van der Waals surface area contributed by atoms with Gasteiger partial charge < -0.3 is 9.64 Å². The topological polar surface area (TPSA) is 32.8 Å². The minimum absolute atomic E-state index is 0.0469. The Morgan fingerprint density at radius 1 is 1.17 bits per heavy atom. The number of ether oxygens (including phenoxy) is 1. The van der Waals surface area contributed by atoms with Crippen LogP contribution in [0.1, 0.15) is 45.6 Å². The van der Waals surface area contributed by atoms with Crippen LogP contribution < -0.4 is 9.64 Å². The third-order valence-corrected chi connectivity index (χ3v) is 5.67. The lowest BCUT2D eigenvalue weighted by molar-refractivity contribution is -0.118. The fourth-order valence-electron chi connectivity index (χ4n) is 3.87. The first kappa shape index (κ1) is 22.6. The Morgan fingerprint density at radius 2 is 1.90 bits per heavy atom. The Balaban J connectivity index is 1.71. The zero-order valence-corrected chi connectivity index (χ0v) is 18.7. The van der Waals surface area contributed by atoms with Crippen molar-refractivity contribution in [3.05, 3.63) is 52.8 Å². The summed E-state index contributed by atoms with van der Waals surface area (Å²) in [6.07, 6.45) is 3.07. The standard InChI is InChI=1S/C24H30ClFN2O2/c1-4-12-27(17(2)3)13-5-14-30-21-15-18-6-11-23(29)28(24(18)22(25)16-21)20-9-7-19(26)8-10-20/h7-10,15-17H,4-6,11-14H2,1-3H3. The molecule has 0 spiro atoms. The molecule has 1 aliphatic rings. The maximum absolute atomic E-state index is 13.3. The van der Waals surface area contributed by atoms with E-state index in [4.69, 9.17) is 16.3 Å². The molecule has 1 heterocycles. The number of hydrogen-bond acceptors (Lipinski definition) is 3. The molecule has 30 heavy (non-hydrogen) atoms. The summed E-state index contributed by atoms with van der Waals surface area (Å²) in [5.74, 6) is 0.335. The van der Waals surface area contributed by atoms with Crippen LogP contribution in [0.15, 0.2) is 36.4 Å². The van der Waals surface area contributed by atoms with Gasteiger partial charge in [-0.05, 0) is 75.5 Å². The highest BCUT2D eigenvalue weighted by Gasteiger charge is 2.28. The third-order valence-electron chi connectivity index (χ3n) is 5.38. The van der Waals surface area contributed by atoms with Crippen LogP contribution in [0.2, 0.25) is 5.02 Å². The number of nitrogens with zero attached hydrogens (tertiary/aromatic N) is 2. The van der Waals surface area contributed by atoms with Gasteiger partial charge in [-0.3, -0.25) is 9.69 Å². The van der Waals surface area contributed by atoms with E-state index in [0.29, 0.717) is 41.9 Å². The van der Waals surface area contributed by atoms with Crippen molar-refractivity contribution >= 4 is 28.9 Å². The summed E-state index contributed by atoms with van der Waals surface area (Å²) < 4.78 is 19.3. The lowest BCUT2D eigenvalue weighted by Gasteiger charge is -2.31. The van der Waals surface area contributed by atoms with Gasteiger partial charge in [0.05, 0.1) is 17.3 Å². The molecule has 2 aromatic carbocycles. The average molecular weight is 433 g/mol. The number of anilines is 2. The first-order valence-corrected chi connectivity index (χ1v) is 11.1. The fourth-order valence-corrected chi connectivity index (χ4v) is 4.18. The van der Waals surface area contributed by atoms with E-state index in [2.05, 4.69) is 25.7 Å². The molecular weight excluding hydrogens is 403 g/mol. The van der Waals surface area contributed by atoms with Gasteiger partial charge in [0, 0.05) is 30.8 Å². The normalized spacial score (nSPS) is 13.8. The van der Waals surface area contributed by atoms with Crippen LogP contribution in [0.25, 0.3) is 0 Å². The zero-order valence-electron chi connectivity index (χ0n) is 18.0. The lowest BCUT2D eigenvalue weighted by atomic mass is 10.00. The highest BCUT2D eigenvalue weighted by Crippen LogP contribution is 2.41. The Bertz CT molecular complexity index is 870. The quantitative estimate of drug-likeness (QED) is 0.457. The van der Waals surface area contributed by atoms with Crippen molar-refractivity contribution in [1.82, 2.24) is 4.90 Å². The van der Waals surface area contributed by atoms with Gasteiger partial charge in [-0.1, -0.05) is 18.5 Å². The Labute approximate surface area is 183 Å². The molecule has 0 atom stereocenters. The van der Waals surface area contributed by atoms with E-state index < -0.39 is 0 Å². The van der Waals surface area contributed by atoms with Crippen LogP contribution in [-0.4, -0.2) is 36.5 Å². The number of aryl methyl sites for hydroxylation is 1. The van der Waals surface area contributed by atoms with Crippen LogP contribution in [0.5, 0.6) is 5.75 Å². The Hall–Kier alpha value is -2.11. The molecule has 0 radical (unpaired) electrons. The van der Waals surface area contributed by atoms with Crippen molar-refractivity contribution < 1.29 is 13.9 Å². The summed E-state index contributed by atoms with van der Waals surface area (Å²) in [4.78, 5) is 16.6. The Kier molecular flexibility index (Phi) is 7.73. The van der Waals surface area contributed by atoms with Gasteiger partial charge in [-0.15, -0.1) is 0 Å². The van der Waals surface area contributed by atoms with Crippen molar-refractivity contribution in [2.24, 2.45) is 0 Å². The number of hydrogen-bond donors (Lipinski definition) is 0. The second-order valence-electron chi connectivity index (χ2n) is 7.95. The molecule has 0 aromatic heterocycles. The van der Waals surface area contributed by atoms with Crippen LogP contribution in [0.4, 0.5) is 15.8 Å². The third kappa shape index (κ3) is 5.32. The van der Waals surface area contributed by atoms with Crippen LogP contribution in [-0.2, 0) is 11.2 Å². The first-order valence-electron chi connectivity index (χ1n) is 10.7. The molecule has 162 valence electrons. The van der Waals surface area contributed by atoms with Crippen molar-refractivity contribution in [3.63, 3.8) is 0 Å². The van der Waals surface area contributed by atoms with E-state index in [-0.39, 0.29) is 11.7 Å². The summed E-state index contributed by atoms with van der Waals surface area (Å²) in [7, 11) is 0. The van der Waals surface area contributed by atoms with Gasteiger partial charge in [0.15, 0.2) is 0 Å². The van der Waals surface area contributed by atoms with E-state index in [1.165, 1.54) is 12.1 Å². The summed E-state index contributed by atoms with van der Waals surface area (Å²) in [6.45, 7) is 9.33. The molecule has 0 saturated heterocycles. The number of fused-ring (bicyclic) bond motifs is 1. The van der Waals surface area contributed by atoms with Gasteiger partial charge in [-0.2, -0.15) is 0 Å². The minimum atomic E-state index is -0.340. The molecule has 3 rings (SSSR count). The molecule has 0 aliphatic carbocycles. The van der Waals surface area contributed by atoms with E-state index in [0.717, 1.165) is 37.2 Å². The lowest BCUT2D eigenvalue weighted by Crippen LogP contribution is -2.33. The molecule has 1 aliphatic heterocycles. The van der Waals surface area contributed by atoms with Gasteiger partial charge in [0.2, 0.25) is 5.91 Å². The molecule has 6 heteroatoms. The molecule has 2 aromatic rings. The van der Waals surface area contributed by atoms with Crippen molar-refractivity contribution in [2.75, 3.05) is 24.6 Å². The molecular formula is C24H30ClFN2O2. The number of halogens is 2. The number of rotatable bonds is 9. The number of carbonyl (C=O) groups excluding carboxylic acids is 1. The highest BCUT2D eigenvalue weighted by atomic mass is 35.5. The van der Waals surface area contributed by atoms with E-state index in [1.807, 2.05) is 6.07 Å². The van der Waals surface area contributed by atoms with Crippen molar-refractivity contribution in [3.8, 4) is 5.75 Å². The number of benzene rings is 2. The van der Waals surface area contributed by atoms with E-state index in [1.54, 1.807) is 23.1 Å². The smallest absolute Gasteiger partial charge is 0.231 e. The summed E-state index contributed by atoms with van der Waals surface area (Å²) in [5, 5.41) is 0.467. The van der Waals surface area contributed by atoms with Gasteiger partial charge in [0.1, 0.15) is 11.6 Å². The SMILES string of the molecule is CCCN(CCCOc1cc(Cl)c2c(c1)CCC(=O)N2c1ccc(F)cc1)C(C)C. The van der Waals surface area contributed by atoms with Crippen LogP contribution in [0.3, 0.4) is 0 Å².